The Balaban J connectivity index is 2.16. The van der Waals surface area contributed by atoms with E-state index in [9.17, 15) is 4.79 Å². The summed E-state index contributed by atoms with van der Waals surface area (Å²) in [6.07, 6.45) is 1.92. The third-order valence-corrected chi connectivity index (χ3v) is 3.41. The van der Waals surface area contributed by atoms with E-state index in [0.717, 1.165) is 19.5 Å². The number of fused-ring (bicyclic) bond motifs is 1. The van der Waals surface area contributed by atoms with Crippen LogP contribution in [0.3, 0.4) is 0 Å². The van der Waals surface area contributed by atoms with Crippen molar-refractivity contribution < 1.29 is 9.90 Å². The zero-order valence-electron chi connectivity index (χ0n) is 11.1. The van der Waals surface area contributed by atoms with E-state index in [2.05, 4.69) is 36.9 Å². The molecule has 3 heteroatoms. The van der Waals surface area contributed by atoms with Crippen LogP contribution in [0.5, 0.6) is 0 Å². The first-order chi connectivity index (χ1) is 8.58. The Hall–Kier alpha value is -1.51. The van der Waals surface area contributed by atoms with Crippen LogP contribution in [0.1, 0.15) is 31.4 Å². The van der Waals surface area contributed by atoms with Crippen molar-refractivity contribution in [3.8, 4) is 0 Å². The van der Waals surface area contributed by atoms with Gasteiger partial charge in [-0.05, 0) is 36.0 Å². The van der Waals surface area contributed by atoms with Crippen molar-refractivity contribution in [3.05, 3.63) is 29.3 Å². The van der Waals surface area contributed by atoms with Crippen LogP contribution in [0.4, 0.5) is 5.69 Å². The number of aliphatic carboxylic acids is 1. The molecule has 1 aliphatic rings. The second-order valence-corrected chi connectivity index (χ2v) is 5.40. The lowest BCUT2D eigenvalue weighted by Gasteiger charge is -2.21. The van der Waals surface area contributed by atoms with E-state index in [1.807, 2.05) is 0 Å². The number of carboxylic acids is 1. The number of aryl methyl sites for hydroxylation is 1. The molecule has 0 bridgehead atoms. The normalized spacial score (nSPS) is 14.1. The fourth-order valence-corrected chi connectivity index (χ4v) is 2.68. The van der Waals surface area contributed by atoms with Crippen LogP contribution in [0.25, 0.3) is 0 Å². The Morgan fingerprint density at radius 1 is 1.44 bits per heavy atom. The minimum absolute atomic E-state index is 0.223. The molecule has 0 aliphatic carbocycles. The number of anilines is 1. The summed E-state index contributed by atoms with van der Waals surface area (Å²) < 4.78 is 0. The molecular formula is C15H21NO2. The molecule has 18 heavy (non-hydrogen) atoms. The Morgan fingerprint density at radius 3 is 2.89 bits per heavy atom. The summed E-state index contributed by atoms with van der Waals surface area (Å²) in [5, 5.41) is 8.78. The molecule has 1 aromatic rings. The molecule has 1 N–H and O–H groups in total. The standard InChI is InChI=1S/C15H21NO2/c1-11(2)10-16-9-8-13-12(6-7-15(17)18)4-3-5-14(13)16/h3-5,11H,6-10H2,1-2H3,(H,17,18). The first-order valence-electron chi connectivity index (χ1n) is 6.65. The van der Waals surface area contributed by atoms with Crippen molar-refractivity contribution in [3.63, 3.8) is 0 Å². The van der Waals surface area contributed by atoms with Gasteiger partial charge in [-0.1, -0.05) is 26.0 Å². The molecule has 2 rings (SSSR count). The van der Waals surface area contributed by atoms with Crippen LogP contribution in [0.15, 0.2) is 18.2 Å². The van der Waals surface area contributed by atoms with Gasteiger partial charge < -0.3 is 10.0 Å². The molecule has 0 aromatic heterocycles. The van der Waals surface area contributed by atoms with Crippen LogP contribution >= 0.6 is 0 Å². The first kappa shape index (κ1) is 12.9. The van der Waals surface area contributed by atoms with Crippen molar-refractivity contribution in [2.24, 2.45) is 5.92 Å². The largest absolute Gasteiger partial charge is 0.481 e. The van der Waals surface area contributed by atoms with Crippen molar-refractivity contribution in [1.29, 1.82) is 0 Å². The molecule has 0 unspecified atom stereocenters. The lowest BCUT2D eigenvalue weighted by molar-refractivity contribution is -0.136. The van der Waals surface area contributed by atoms with Crippen molar-refractivity contribution in [2.45, 2.75) is 33.1 Å². The van der Waals surface area contributed by atoms with Gasteiger partial charge in [0.15, 0.2) is 0 Å². The SMILES string of the molecule is CC(C)CN1CCc2c(CCC(=O)O)cccc21. The van der Waals surface area contributed by atoms with Gasteiger partial charge in [0, 0.05) is 25.2 Å². The van der Waals surface area contributed by atoms with Crippen LogP contribution in [0.2, 0.25) is 0 Å². The molecule has 0 amide bonds. The highest BCUT2D eigenvalue weighted by Gasteiger charge is 2.21. The third kappa shape index (κ3) is 2.84. The van der Waals surface area contributed by atoms with E-state index < -0.39 is 5.97 Å². The molecular weight excluding hydrogens is 226 g/mol. The molecule has 98 valence electrons. The van der Waals surface area contributed by atoms with E-state index in [0.29, 0.717) is 12.3 Å². The van der Waals surface area contributed by atoms with Gasteiger partial charge in [0.1, 0.15) is 0 Å². The molecule has 1 aromatic carbocycles. The number of rotatable bonds is 5. The first-order valence-corrected chi connectivity index (χ1v) is 6.65. The number of carbonyl (C=O) groups is 1. The van der Waals surface area contributed by atoms with Gasteiger partial charge in [-0.15, -0.1) is 0 Å². The van der Waals surface area contributed by atoms with Crippen molar-refractivity contribution in [2.75, 3.05) is 18.0 Å². The fraction of sp³-hybridized carbons (Fsp3) is 0.533. The highest BCUT2D eigenvalue weighted by Crippen LogP contribution is 2.31. The molecule has 1 heterocycles. The molecule has 0 fully saturated rings. The molecule has 0 radical (unpaired) electrons. The van der Waals surface area contributed by atoms with E-state index >= 15 is 0 Å². The summed E-state index contributed by atoms with van der Waals surface area (Å²) in [5.74, 6) is -0.0664. The summed E-state index contributed by atoms with van der Waals surface area (Å²) in [5.41, 5.74) is 3.88. The van der Waals surface area contributed by atoms with E-state index in [1.165, 1.54) is 16.8 Å². The number of hydrogen-bond acceptors (Lipinski definition) is 2. The Bertz CT molecular complexity index is 440. The van der Waals surface area contributed by atoms with Gasteiger partial charge in [-0.25, -0.2) is 0 Å². The predicted octanol–water partition coefficient (Wildman–Crippen LogP) is 2.72. The molecule has 0 saturated heterocycles. The Labute approximate surface area is 108 Å². The minimum atomic E-state index is -0.718. The van der Waals surface area contributed by atoms with Crippen LogP contribution in [-0.2, 0) is 17.6 Å². The average molecular weight is 247 g/mol. The second kappa shape index (κ2) is 5.42. The maximum atomic E-state index is 10.7. The van der Waals surface area contributed by atoms with Crippen LogP contribution < -0.4 is 4.90 Å². The number of nitrogens with zero attached hydrogens (tertiary/aromatic N) is 1. The quantitative estimate of drug-likeness (QED) is 0.869. The zero-order valence-corrected chi connectivity index (χ0v) is 11.1. The van der Waals surface area contributed by atoms with Gasteiger partial charge >= 0.3 is 5.97 Å². The van der Waals surface area contributed by atoms with Crippen LogP contribution in [0, 0.1) is 5.92 Å². The molecule has 3 nitrogen and oxygen atoms in total. The van der Waals surface area contributed by atoms with Gasteiger partial charge in [0.05, 0.1) is 0 Å². The topological polar surface area (TPSA) is 40.5 Å². The summed E-state index contributed by atoms with van der Waals surface area (Å²) in [4.78, 5) is 13.1. The molecule has 0 spiro atoms. The molecule has 0 atom stereocenters. The number of benzene rings is 1. The smallest absolute Gasteiger partial charge is 0.303 e. The summed E-state index contributed by atoms with van der Waals surface area (Å²) in [7, 11) is 0. The third-order valence-electron chi connectivity index (χ3n) is 3.41. The fourth-order valence-electron chi connectivity index (χ4n) is 2.68. The summed E-state index contributed by atoms with van der Waals surface area (Å²) in [6.45, 7) is 6.60. The van der Waals surface area contributed by atoms with Crippen molar-refractivity contribution >= 4 is 11.7 Å². The predicted molar refractivity (Wildman–Crippen MR) is 73.2 cm³/mol. The maximum absolute atomic E-state index is 10.7. The highest BCUT2D eigenvalue weighted by molar-refractivity contribution is 5.68. The second-order valence-electron chi connectivity index (χ2n) is 5.40. The van der Waals surface area contributed by atoms with Crippen LogP contribution in [-0.4, -0.2) is 24.2 Å². The number of hydrogen-bond donors (Lipinski definition) is 1. The van der Waals surface area contributed by atoms with Gasteiger partial charge in [-0.3, -0.25) is 4.79 Å². The molecule has 1 aliphatic heterocycles. The monoisotopic (exact) mass is 247 g/mol. The van der Waals surface area contributed by atoms with E-state index in [-0.39, 0.29) is 6.42 Å². The Kier molecular flexibility index (Phi) is 3.90. The van der Waals surface area contributed by atoms with Crippen molar-refractivity contribution in [1.82, 2.24) is 0 Å². The maximum Gasteiger partial charge on any atom is 0.303 e. The summed E-state index contributed by atoms with van der Waals surface area (Å²) >= 11 is 0. The lowest BCUT2D eigenvalue weighted by atomic mass is 10.0. The average Bonchev–Trinajstić information content (AvgIpc) is 2.69. The molecule has 0 saturated carbocycles. The van der Waals surface area contributed by atoms with Gasteiger partial charge in [0.25, 0.3) is 0 Å². The lowest BCUT2D eigenvalue weighted by Crippen LogP contribution is -2.25. The highest BCUT2D eigenvalue weighted by atomic mass is 16.4. The summed E-state index contributed by atoms with van der Waals surface area (Å²) in [6, 6.07) is 6.28. The minimum Gasteiger partial charge on any atom is -0.481 e. The number of carboxylic acid groups (broad SMARTS) is 1. The van der Waals surface area contributed by atoms with E-state index in [4.69, 9.17) is 5.11 Å². The Morgan fingerprint density at radius 2 is 2.22 bits per heavy atom. The van der Waals surface area contributed by atoms with E-state index in [1.54, 1.807) is 0 Å². The zero-order chi connectivity index (χ0) is 13.1. The van der Waals surface area contributed by atoms with Gasteiger partial charge in [-0.2, -0.15) is 0 Å². The van der Waals surface area contributed by atoms with Gasteiger partial charge in [0.2, 0.25) is 0 Å².